The minimum Gasteiger partial charge on any atom is -0.464 e. The summed E-state index contributed by atoms with van der Waals surface area (Å²) in [4.78, 5) is 81.5. The van der Waals surface area contributed by atoms with E-state index >= 15 is 0 Å². The number of ether oxygens (including phenoxy) is 6. The fourth-order valence-electron chi connectivity index (χ4n) is 5.98. The van der Waals surface area contributed by atoms with Gasteiger partial charge in [-0.25, -0.2) is 40.1 Å². The number of carbonyl (C=O) groups is 4. The lowest BCUT2D eigenvalue weighted by atomic mass is 10.1. The number of rotatable bonds is 24. The van der Waals surface area contributed by atoms with Crippen molar-refractivity contribution in [2.75, 3.05) is 43.5 Å². The Kier molecular flexibility index (Phi) is 23.7. The second kappa shape index (κ2) is 27.3. The standard InChI is InChI=1S/C21H35N6O6P.C16H27N6O5P.C5H10O2/c1-7-8-31-20(29)21(5,6)26-34(30,10-16(28)33-14(2)3)13-32-15(4)9-27-12-25-17-18(22)23-11-24-19(17)27;1-5-6-26-15(23)16(3,4)21-28(24,25)10-27-11(2)7-22-9-20-12-13(17)18-8-19-14(12)22;1-4(2)7-5(3)6/h11-12,14-15H,7-10,13H2,1-6H3,(H,26,30)(H2,22,23,24);8-9,11H,5-7,10H2,1-4H3,(H2,17,18,19)(H2,21,24,25);4H,1-3H3/t15-,34?;11-;/m11./s1. The van der Waals surface area contributed by atoms with E-state index in [1.165, 1.54) is 33.4 Å². The van der Waals surface area contributed by atoms with E-state index in [0.717, 1.165) is 0 Å². The Morgan fingerprint density at radius 2 is 1.10 bits per heavy atom. The minimum absolute atomic E-state index is 0.0255. The van der Waals surface area contributed by atoms with Crippen LogP contribution in [0.25, 0.3) is 22.3 Å². The molecule has 4 aromatic rings. The first-order chi connectivity index (χ1) is 32.0. The van der Waals surface area contributed by atoms with E-state index in [2.05, 4.69) is 44.8 Å². The van der Waals surface area contributed by atoms with Crippen LogP contribution in [0.4, 0.5) is 11.6 Å². The molecule has 0 aliphatic rings. The molecule has 0 amide bonds. The average molecular weight is 1020 g/mol. The molecule has 0 aromatic carbocycles. The number of fused-ring (bicyclic) bond motifs is 2. The summed E-state index contributed by atoms with van der Waals surface area (Å²) in [5.74, 6) is -1.48. The van der Waals surface area contributed by atoms with Crippen molar-refractivity contribution in [1.82, 2.24) is 49.2 Å². The molecule has 27 heteroatoms. The van der Waals surface area contributed by atoms with Gasteiger partial charge in [-0.2, -0.15) is 0 Å². The highest BCUT2D eigenvalue weighted by molar-refractivity contribution is 7.62. The van der Waals surface area contributed by atoms with Crippen LogP contribution in [-0.4, -0.2) is 135 Å². The second-order valence-electron chi connectivity index (χ2n) is 17.6. The van der Waals surface area contributed by atoms with Gasteiger partial charge in [0.15, 0.2) is 30.2 Å². The molecule has 388 valence electrons. The van der Waals surface area contributed by atoms with Crippen molar-refractivity contribution < 1.29 is 61.6 Å². The largest absolute Gasteiger partial charge is 0.464 e. The van der Waals surface area contributed by atoms with Gasteiger partial charge in [-0.3, -0.25) is 23.7 Å². The lowest BCUT2D eigenvalue weighted by Crippen LogP contribution is -2.47. The summed E-state index contributed by atoms with van der Waals surface area (Å²) in [6.45, 7) is 23.0. The van der Waals surface area contributed by atoms with E-state index in [9.17, 15) is 33.2 Å². The number of nitrogens with zero attached hydrogens (tertiary/aromatic N) is 8. The van der Waals surface area contributed by atoms with Crippen LogP contribution in [0.15, 0.2) is 25.3 Å². The number of nitrogens with one attached hydrogen (secondary N) is 2. The SMILES string of the molecule is CC(=O)OC(C)C.CCCOC(=O)C(C)(C)NP(=O)(CO[C@H](C)Cn1cnc2c(N)ncnc21)CC(=O)OC(C)C.CCCOC(=O)C(C)(C)NP(=O)(O)CO[C@H](C)Cn1cnc2c(N)ncnc21. The van der Waals surface area contributed by atoms with E-state index in [1.54, 1.807) is 63.3 Å². The summed E-state index contributed by atoms with van der Waals surface area (Å²) in [6, 6.07) is 0. The zero-order valence-electron chi connectivity index (χ0n) is 42.0. The number of aromatic nitrogens is 8. The fraction of sp³-hybridized carbons (Fsp3) is 0.667. The van der Waals surface area contributed by atoms with E-state index in [-0.39, 0.29) is 49.4 Å². The van der Waals surface area contributed by atoms with Crippen molar-refractivity contribution in [3.8, 4) is 0 Å². The Hall–Kier alpha value is -5.16. The maximum Gasteiger partial charge on any atom is 0.326 e. The third kappa shape index (κ3) is 20.8. The maximum absolute atomic E-state index is 13.8. The highest BCUT2D eigenvalue weighted by Crippen LogP contribution is 2.44. The number of hydrogen-bond donors (Lipinski definition) is 5. The van der Waals surface area contributed by atoms with Crippen LogP contribution in [0.2, 0.25) is 0 Å². The highest BCUT2D eigenvalue weighted by Gasteiger charge is 2.40. The van der Waals surface area contributed by atoms with Crippen molar-refractivity contribution in [2.45, 2.75) is 151 Å². The summed E-state index contributed by atoms with van der Waals surface area (Å²) < 4.78 is 61.1. The number of esters is 4. The molecule has 4 rings (SSSR count). The molecule has 4 aromatic heterocycles. The van der Waals surface area contributed by atoms with Gasteiger partial charge in [0.1, 0.15) is 53.6 Å². The molecule has 0 saturated carbocycles. The number of anilines is 2. The van der Waals surface area contributed by atoms with Gasteiger partial charge in [0.05, 0.1) is 63.4 Å². The molecule has 0 aliphatic carbocycles. The van der Waals surface area contributed by atoms with E-state index in [0.29, 0.717) is 48.3 Å². The average Bonchev–Trinajstić information content (AvgIpc) is 3.84. The van der Waals surface area contributed by atoms with Gasteiger partial charge in [-0.1, -0.05) is 13.8 Å². The smallest absolute Gasteiger partial charge is 0.326 e. The lowest BCUT2D eigenvalue weighted by molar-refractivity contribution is -0.150. The van der Waals surface area contributed by atoms with Crippen LogP contribution < -0.4 is 21.6 Å². The predicted molar refractivity (Wildman–Crippen MR) is 258 cm³/mol. The Morgan fingerprint density at radius 1 is 0.681 bits per heavy atom. The van der Waals surface area contributed by atoms with Gasteiger partial charge in [0, 0.05) is 6.92 Å². The van der Waals surface area contributed by atoms with Crippen molar-refractivity contribution in [3.05, 3.63) is 25.3 Å². The summed E-state index contributed by atoms with van der Waals surface area (Å²) in [5.41, 5.74) is 11.0. The second-order valence-corrected chi connectivity index (χ2v) is 22.0. The molecule has 0 aliphatic heterocycles. The molecule has 69 heavy (non-hydrogen) atoms. The Morgan fingerprint density at radius 3 is 1.49 bits per heavy atom. The van der Waals surface area contributed by atoms with Crippen LogP contribution in [-0.2, 0) is 69.8 Å². The topological polar surface area (TPSA) is 341 Å². The number of nitrogens with two attached hydrogens (primary N) is 2. The first-order valence-electron chi connectivity index (χ1n) is 22.3. The van der Waals surface area contributed by atoms with Crippen LogP contribution in [0.3, 0.4) is 0 Å². The zero-order chi connectivity index (χ0) is 52.3. The predicted octanol–water partition coefficient (Wildman–Crippen LogP) is 4.56. The van der Waals surface area contributed by atoms with Crippen molar-refractivity contribution in [1.29, 1.82) is 0 Å². The van der Waals surface area contributed by atoms with Gasteiger partial charge in [-0.05, 0) is 82.1 Å². The zero-order valence-corrected chi connectivity index (χ0v) is 43.7. The first kappa shape index (κ1) is 60.0. The summed E-state index contributed by atoms with van der Waals surface area (Å²) in [7, 11) is -7.50. The van der Waals surface area contributed by atoms with E-state index in [4.69, 9.17) is 35.2 Å². The molecular weight excluding hydrogens is 942 g/mol. The van der Waals surface area contributed by atoms with Gasteiger partial charge in [0.2, 0.25) is 0 Å². The van der Waals surface area contributed by atoms with Crippen LogP contribution >= 0.6 is 14.8 Å². The molecule has 7 N–H and O–H groups in total. The third-order valence-electron chi connectivity index (χ3n) is 8.85. The molecule has 0 radical (unpaired) electrons. The number of carbonyl (C=O) groups excluding carboxylic acids is 4. The Bertz CT molecular complexity index is 2390. The van der Waals surface area contributed by atoms with Gasteiger partial charge < -0.3 is 58.5 Å². The summed E-state index contributed by atoms with van der Waals surface area (Å²) >= 11 is 0. The minimum atomic E-state index is -3.94. The summed E-state index contributed by atoms with van der Waals surface area (Å²) in [5, 5.41) is 5.28. The summed E-state index contributed by atoms with van der Waals surface area (Å²) in [6.07, 6.45) is 4.74. The lowest BCUT2D eigenvalue weighted by Gasteiger charge is -2.30. The van der Waals surface area contributed by atoms with Gasteiger partial charge in [-0.15, -0.1) is 0 Å². The van der Waals surface area contributed by atoms with Crippen LogP contribution in [0, 0.1) is 0 Å². The highest BCUT2D eigenvalue weighted by atomic mass is 31.2. The fourth-order valence-corrected chi connectivity index (χ4v) is 9.80. The van der Waals surface area contributed by atoms with E-state index in [1.807, 2.05) is 27.7 Å². The Labute approximate surface area is 402 Å². The molecule has 2 unspecified atom stereocenters. The number of hydrogen-bond acceptors (Lipinski definition) is 20. The molecule has 25 nitrogen and oxygen atoms in total. The van der Waals surface area contributed by atoms with Gasteiger partial charge >= 0.3 is 23.9 Å². The van der Waals surface area contributed by atoms with Crippen molar-refractivity contribution in [2.24, 2.45) is 0 Å². The van der Waals surface area contributed by atoms with Crippen LogP contribution in [0.5, 0.6) is 0 Å². The Balaban J connectivity index is 0.000000421. The van der Waals surface area contributed by atoms with Gasteiger partial charge in [0.25, 0.3) is 7.52 Å². The van der Waals surface area contributed by atoms with E-state index < -0.39 is 68.5 Å². The molecule has 4 heterocycles. The monoisotopic (exact) mass is 1010 g/mol. The third-order valence-corrected chi connectivity index (χ3v) is 12.6. The molecular formula is C42H72N12O13P2. The van der Waals surface area contributed by atoms with Crippen LogP contribution in [0.1, 0.15) is 103 Å². The van der Waals surface area contributed by atoms with Crippen molar-refractivity contribution >= 4 is 72.7 Å². The van der Waals surface area contributed by atoms with Crippen molar-refractivity contribution in [3.63, 3.8) is 0 Å². The maximum atomic E-state index is 13.8. The molecule has 0 bridgehead atoms. The molecule has 0 fully saturated rings. The number of imidazole rings is 2. The number of nitrogen functional groups attached to an aromatic ring is 2. The molecule has 0 saturated heterocycles. The quantitative estimate of drug-likeness (QED) is 0.0365. The first-order valence-corrected chi connectivity index (χ1v) is 26.2. The molecule has 0 spiro atoms. The normalized spacial score (nSPS) is 14.4. The molecule has 4 atom stereocenters.